The van der Waals surface area contributed by atoms with Crippen LogP contribution in [0.15, 0.2) is 9.98 Å². The van der Waals surface area contributed by atoms with E-state index in [1.165, 1.54) is 0 Å². The zero-order valence-electron chi connectivity index (χ0n) is 14.9. The van der Waals surface area contributed by atoms with Crippen molar-refractivity contribution in [1.29, 1.82) is 0 Å². The van der Waals surface area contributed by atoms with Crippen LogP contribution in [0.1, 0.15) is 51.4 Å². The summed E-state index contributed by atoms with van der Waals surface area (Å²) in [5.41, 5.74) is 0. The van der Waals surface area contributed by atoms with E-state index in [4.69, 9.17) is 0 Å². The third-order valence-electron chi connectivity index (χ3n) is 5.00. The predicted molar refractivity (Wildman–Crippen MR) is 93.8 cm³/mol. The van der Waals surface area contributed by atoms with Crippen LogP contribution in [0.2, 0.25) is 0 Å². The summed E-state index contributed by atoms with van der Waals surface area (Å²) in [6.07, 6.45) is 7.72. The van der Waals surface area contributed by atoms with Crippen LogP contribution in [-0.4, -0.2) is 65.5 Å². The molecule has 0 aromatic heterocycles. The Morgan fingerprint density at radius 2 is 1.04 bits per heavy atom. The van der Waals surface area contributed by atoms with E-state index in [-0.39, 0.29) is 68.9 Å². The molecule has 2 heterocycles. The first-order valence-electron chi connectivity index (χ1n) is 8.70. The fourth-order valence-electron chi connectivity index (χ4n) is 3.69. The summed E-state index contributed by atoms with van der Waals surface area (Å²) in [5.74, 6) is -0.0907. The monoisotopic (exact) mass is 418 g/mol. The van der Waals surface area contributed by atoms with Gasteiger partial charge in [0.1, 0.15) is 0 Å². The first-order valence-corrected chi connectivity index (χ1v) is 8.70. The van der Waals surface area contributed by atoms with Crippen LogP contribution in [0, 0.1) is 0 Å². The Labute approximate surface area is 164 Å². The van der Waals surface area contributed by atoms with Gasteiger partial charge < -0.3 is 37.3 Å². The zero-order chi connectivity index (χ0) is 15.4. The van der Waals surface area contributed by atoms with Crippen LogP contribution >= 0.6 is 0 Å². The third-order valence-corrected chi connectivity index (χ3v) is 5.00. The molecule has 0 radical (unpaired) electrons. The summed E-state index contributed by atoms with van der Waals surface area (Å²) in [7, 11) is 0. The molecular weight excluding hydrogens is 387 g/mol. The molecule has 3 rings (SSSR count). The standard InChI is InChI=1S/C16H28N4O2.Ni.3H2O/c21-15(13-7-3-9-17-13)19-11-5-1-2-6-12(11)20-16(22)14-8-4-10-18-14;;;;/h11-14,17-18H,1-10H2,(H,19,21)(H,20,22);;3*1H2/q;+2;;;/p-2/t11-,12-,13+,14+;;;;/m1..../s1. The van der Waals surface area contributed by atoms with Crippen molar-refractivity contribution in [3.63, 3.8) is 0 Å². The summed E-state index contributed by atoms with van der Waals surface area (Å²) in [6.45, 7) is 1.80. The van der Waals surface area contributed by atoms with E-state index in [0.29, 0.717) is 0 Å². The van der Waals surface area contributed by atoms with Crippen molar-refractivity contribution in [3.8, 4) is 0 Å². The van der Waals surface area contributed by atoms with Gasteiger partial charge in [-0.3, -0.25) is 9.98 Å². The van der Waals surface area contributed by atoms with Gasteiger partial charge in [0.05, 0.1) is 12.1 Å². The maximum absolute atomic E-state index is 12.2. The fourth-order valence-corrected chi connectivity index (χ4v) is 3.69. The molecule has 0 unspecified atom stereocenters. The first kappa shape index (κ1) is 27.5. The van der Waals surface area contributed by atoms with Gasteiger partial charge in [0.15, 0.2) is 0 Å². The molecular formula is C16H32N4NiO5. The van der Waals surface area contributed by atoms with Crippen LogP contribution < -0.4 is 20.8 Å². The van der Waals surface area contributed by atoms with Gasteiger partial charge in [-0.25, -0.2) is 0 Å². The minimum absolute atomic E-state index is 0. The molecule has 10 heteroatoms. The molecule has 8 N–H and O–H groups in total. The van der Waals surface area contributed by atoms with E-state index >= 15 is 0 Å². The minimum Gasteiger partial charge on any atom is -0.861 e. The van der Waals surface area contributed by atoms with Crippen molar-refractivity contribution in [2.45, 2.75) is 75.5 Å². The van der Waals surface area contributed by atoms with Crippen molar-refractivity contribution in [2.24, 2.45) is 9.98 Å². The molecule has 2 saturated heterocycles. The Hall–Kier alpha value is -0.766. The molecule has 2 aliphatic heterocycles. The van der Waals surface area contributed by atoms with Gasteiger partial charge in [-0.1, -0.05) is 12.8 Å². The van der Waals surface area contributed by atoms with Crippen molar-refractivity contribution in [1.82, 2.24) is 10.6 Å². The second-order valence-corrected chi connectivity index (χ2v) is 6.65. The molecule has 4 atom stereocenters. The second-order valence-electron chi connectivity index (χ2n) is 6.65. The van der Waals surface area contributed by atoms with Gasteiger partial charge in [-0.05, 0) is 63.4 Å². The van der Waals surface area contributed by atoms with Gasteiger partial charge in [-0.2, -0.15) is 0 Å². The number of hydrogen-bond donors (Lipinski definition) is 2. The third kappa shape index (κ3) is 7.10. The quantitative estimate of drug-likeness (QED) is 0.276. The summed E-state index contributed by atoms with van der Waals surface area (Å²) in [4.78, 5) is 8.82. The van der Waals surface area contributed by atoms with Gasteiger partial charge >= 0.3 is 16.5 Å². The van der Waals surface area contributed by atoms with Crippen LogP contribution in [0.3, 0.4) is 0 Å². The van der Waals surface area contributed by atoms with E-state index < -0.39 is 0 Å². The molecule has 0 amide bonds. The molecule has 0 aromatic rings. The number of nitrogens with one attached hydrogen (secondary N) is 2. The summed E-state index contributed by atoms with van der Waals surface area (Å²) >= 11 is 0. The fraction of sp³-hybridized carbons (Fsp3) is 0.875. The van der Waals surface area contributed by atoms with Crippen molar-refractivity contribution in [3.05, 3.63) is 0 Å². The molecule has 3 fully saturated rings. The summed E-state index contributed by atoms with van der Waals surface area (Å²) < 4.78 is 0. The Balaban J connectivity index is 0. The topological polar surface area (TPSA) is 189 Å². The van der Waals surface area contributed by atoms with E-state index in [9.17, 15) is 10.2 Å². The van der Waals surface area contributed by atoms with Gasteiger partial charge in [0.2, 0.25) is 0 Å². The van der Waals surface area contributed by atoms with E-state index in [1.54, 1.807) is 0 Å². The maximum atomic E-state index is 12.2. The normalized spacial score (nSPS) is 31.8. The molecule has 0 aromatic carbocycles. The molecule has 1 aliphatic carbocycles. The van der Waals surface area contributed by atoms with E-state index in [0.717, 1.165) is 64.5 Å². The molecule has 0 spiro atoms. The Morgan fingerprint density at radius 3 is 1.35 bits per heavy atom. The van der Waals surface area contributed by atoms with Crippen molar-refractivity contribution < 1.29 is 43.1 Å². The van der Waals surface area contributed by atoms with Crippen LogP contribution in [0.4, 0.5) is 0 Å². The Bertz CT molecular complexity index is 400. The Morgan fingerprint density at radius 1 is 0.654 bits per heavy atom. The van der Waals surface area contributed by atoms with E-state index in [2.05, 4.69) is 20.6 Å². The minimum atomic E-state index is -0.116. The van der Waals surface area contributed by atoms with Gasteiger partial charge in [0, 0.05) is 12.1 Å². The molecule has 9 nitrogen and oxygen atoms in total. The summed E-state index contributed by atoms with van der Waals surface area (Å²) in [6, 6.07) is -0.437. The largest absolute Gasteiger partial charge is 2.00 e. The molecule has 156 valence electrons. The van der Waals surface area contributed by atoms with Gasteiger partial charge in [-0.15, -0.1) is 0 Å². The molecule has 26 heavy (non-hydrogen) atoms. The predicted octanol–water partition coefficient (Wildman–Crippen LogP) is -3.16. The SMILES string of the molecule is O.O.O.[Ni+2].[O-]C(=N[C@@H]1CCCC[C@H]1N=C([O-])[C@@H]1CCCN1)[C@@H]1CCCN1. The summed E-state index contributed by atoms with van der Waals surface area (Å²) in [5, 5.41) is 30.9. The second kappa shape index (κ2) is 13.4. The number of aliphatic imine (C=N–C) groups is 2. The number of hydrogen-bond acceptors (Lipinski definition) is 6. The average Bonchev–Trinajstić information content (AvgIpc) is 3.23. The molecule has 3 aliphatic rings. The maximum Gasteiger partial charge on any atom is 2.00 e. The number of rotatable bonds is 4. The Kier molecular flexibility index (Phi) is 14.2. The zero-order valence-corrected chi connectivity index (χ0v) is 15.9. The van der Waals surface area contributed by atoms with Crippen molar-refractivity contribution in [2.75, 3.05) is 13.1 Å². The van der Waals surface area contributed by atoms with Crippen molar-refractivity contribution >= 4 is 11.8 Å². The molecule has 0 bridgehead atoms. The van der Waals surface area contributed by atoms with E-state index in [1.807, 2.05) is 0 Å². The molecule has 1 saturated carbocycles. The first-order chi connectivity index (χ1) is 10.7. The van der Waals surface area contributed by atoms with Crippen LogP contribution in [0.25, 0.3) is 0 Å². The van der Waals surface area contributed by atoms with Crippen LogP contribution in [-0.2, 0) is 16.5 Å². The smallest absolute Gasteiger partial charge is 0.861 e. The average molecular weight is 419 g/mol. The van der Waals surface area contributed by atoms with Gasteiger partial charge in [0.25, 0.3) is 0 Å². The number of nitrogens with zero attached hydrogens (tertiary/aromatic N) is 2. The van der Waals surface area contributed by atoms with Crippen LogP contribution in [0.5, 0.6) is 0 Å².